The lowest BCUT2D eigenvalue weighted by Crippen LogP contribution is -2.33. The number of halogens is 1. The molecule has 4 aromatic rings. The van der Waals surface area contributed by atoms with Crippen LogP contribution >= 0.6 is 15.9 Å². The van der Waals surface area contributed by atoms with Crippen molar-refractivity contribution in [3.63, 3.8) is 0 Å². The highest BCUT2D eigenvalue weighted by molar-refractivity contribution is 9.10. The molecule has 3 N–H and O–H groups in total. The average molecular weight is 718 g/mol. The minimum absolute atomic E-state index is 0.0103. The first kappa shape index (κ1) is 34.5. The Morgan fingerprint density at radius 2 is 1.49 bits per heavy atom. The Kier molecular flexibility index (Phi) is 12.0. The number of nitrogens with two attached hydrogens (primary N) is 1. The van der Waals surface area contributed by atoms with E-state index >= 15 is 0 Å². The van der Waals surface area contributed by atoms with Crippen LogP contribution in [0.15, 0.2) is 106 Å². The molecular formula is C37H41BrN4O4S. The maximum absolute atomic E-state index is 13.7. The predicted molar refractivity (Wildman–Crippen MR) is 190 cm³/mol. The summed E-state index contributed by atoms with van der Waals surface area (Å²) < 4.78 is 24.3. The van der Waals surface area contributed by atoms with Gasteiger partial charge in [0, 0.05) is 36.2 Å². The van der Waals surface area contributed by atoms with E-state index in [1.54, 1.807) is 12.1 Å². The van der Waals surface area contributed by atoms with Gasteiger partial charge in [-0.25, -0.2) is 13.6 Å². The highest BCUT2D eigenvalue weighted by Gasteiger charge is 2.17. The standard InChI is InChI=1S/C37H41BrN4O4S/c38-33-11-5-7-29(24-33)25-37(44)42(22-17-28-13-15-35(16-14-28)47(39,45)46)27-30-8-4-9-31(23-30)32-10-6-12-34(26-32)40-36(43)18-21-41-19-2-1-3-20-41/h4-16,23-24,26H,1-3,17-22,25,27H2,(H,40,43)(H2,39,45,46). The number of sulfonamides is 1. The zero-order chi connectivity index (χ0) is 33.2. The van der Waals surface area contributed by atoms with Gasteiger partial charge in [0.1, 0.15) is 0 Å². The molecule has 1 saturated heterocycles. The van der Waals surface area contributed by atoms with Gasteiger partial charge in [-0.2, -0.15) is 0 Å². The first-order valence-electron chi connectivity index (χ1n) is 16.0. The van der Waals surface area contributed by atoms with E-state index in [-0.39, 0.29) is 23.1 Å². The fourth-order valence-corrected chi connectivity index (χ4v) is 6.81. The summed E-state index contributed by atoms with van der Waals surface area (Å²) in [6.07, 6.45) is 4.96. The van der Waals surface area contributed by atoms with Crippen molar-refractivity contribution >= 4 is 43.5 Å². The summed E-state index contributed by atoms with van der Waals surface area (Å²) in [5.74, 6) is 0.00397. The zero-order valence-electron chi connectivity index (χ0n) is 26.4. The minimum Gasteiger partial charge on any atom is -0.338 e. The Balaban J connectivity index is 1.28. The van der Waals surface area contributed by atoms with Crippen LogP contribution in [0.2, 0.25) is 0 Å². The van der Waals surface area contributed by atoms with Gasteiger partial charge in [-0.05, 0) is 103 Å². The number of primary sulfonamides is 1. The molecule has 0 aliphatic carbocycles. The summed E-state index contributed by atoms with van der Waals surface area (Å²) >= 11 is 3.49. The Bertz CT molecular complexity index is 1790. The Labute approximate surface area is 286 Å². The normalized spacial score (nSPS) is 13.7. The molecule has 0 unspecified atom stereocenters. The van der Waals surface area contributed by atoms with Crippen molar-refractivity contribution in [1.82, 2.24) is 9.80 Å². The van der Waals surface area contributed by atoms with Gasteiger partial charge in [0.25, 0.3) is 0 Å². The molecule has 0 aromatic heterocycles. The number of amides is 2. The van der Waals surface area contributed by atoms with E-state index in [0.717, 1.165) is 57.6 Å². The highest BCUT2D eigenvalue weighted by atomic mass is 79.9. The van der Waals surface area contributed by atoms with Crippen molar-refractivity contribution < 1.29 is 18.0 Å². The van der Waals surface area contributed by atoms with Crippen molar-refractivity contribution in [2.24, 2.45) is 5.14 Å². The molecule has 0 spiro atoms. The minimum atomic E-state index is -3.78. The van der Waals surface area contributed by atoms with Gasteiger partial charge >= 0.3 is 0 Å². The molecule has 0 saturated carbocycles. The van der Waals surface area contributed by atoms with Crippen LogP contribution in [-0.2, 0) is 39.0 Å². The molecule has 0 atom stereocenters. The van der Waals surface area contributed by atoms with Crippen molar-refractivity contribution in [2.75, 3.05) is 31.5 Å². The van der Waals surface area contributed by atoms with Gasteiger partial charge in [-0.3, -0.25) is 9.59 Å². The molecular weight excluding hydrogens is 676 g/mol. The van der Waals surface area contributed by atoms with E-state index < -0.39 is 10.0 Å². The molecule has 10 heteroatoms. The summed E-state index contributed by atoms with van der Waals surface area (Å²) in [6, 6.07) is 30.1. The molecule has 1 aliphatic rings. The summed E-state index contributed by atoms with van der Waals surface area (Å²) in [6.45, 7) is 3.78. The number of hydrogen-bond acceptors (Lipinski definition) is 5. The molecule has 1 aliphatic heterocycles. The molecule has 0 bridgehead atoms. The molecule has 1 heterocycles. The number of hydrogen-bond donors (Lipinski definition) is 2. The van der Waals surface area contributed by atoms with Gasteiger partial charge in [0.05, 0.1) is 11.3 Å². The molecule has 246 valence electrons. The van der Waals surface area contributed by atoms with Crippen LogP contribution in [0.5, 0.6) is 0 Å². The highest BCUT2D eigenvalue weighted by Crippen LogP contribution is 2.25. The number of piperidine rings is 1. The van der Waals surface area contributed by atoms with Crippen LogP contribution in [-0.4, -0.2) is 56.2 Å². The van der Waals surface area contributed by atoms with Crippen LogP contribution in [0.4, 0.5) is 5.69 Å². The number of anilines is 1. The largest absolute Gasteiger partial charge is 0.338 e. The van der Waals surface area contributed by atoms with Crippen LogP contribution in [0.1, 0.15) is 42.4 Å². The molecule has 8 nitrogen and oxygen atoms in total. The number of likely N-dealkylation sites (tertiary alicyclic amines) is 1. The monoisotopic (exact) mass is 716 g/mol. The predicted octanol–water partition coefficient (Wildman–Crippen LogP) is 6.39. The van der Waals surface area contributed by atoms with Crippen LogP contribution < -0.4 is 10.5 Å². The molecule has 4 aromatic carbocycles. The lowest BCUT2D eigenvalue weighted by Gasteiger charge is -2.25. The van der Waals surface area contributed by atoms with E-state index in [2.05, 4.69) is 32.2 Å². The van der Waals surface area contributed by atoms with E-state index in [1.807, 2.05) is 71.6 Å². The molecule has 0 radical (unpaired) electrons. The quantitative estimate of drug-likeness (QED) is 0.167. The van der Waals surface area contributed by atoms with E-state index in [9.17, 15) is 18.0 Å². The summed E-state index contributed by atoms with van der Waals surface area (Å²) in [5, 5.41) is 8.32. The lowest BCUT2D eigenvalue weighted by atomic mass is 10.0. The number of nitrogens with one attached hydrogen (secondary N) is 1. The van der Waals surface area contributed by atoms with Gasteiger partial charge < -0.3 is 15.1 Å². The fourth-order valence-electron chi connectivity index (χ4n) is 5.85. The van der Waals surface area contributed by atoms with Crippen molar-refractivity contribution in [1.29, 1.82) is 0 Å². The van der Waals surface area contributed by atoms with Gasteiger partial charge in [-0.1, -0.05) is 76.9 Å². The summed E-state index contributed by atoms with van der Waals surface area (Å²) in [7, 11) is -3.78. The van der Waals surface area contributed by atoms with Gasteiger partial charge in [0.15, 0.2) is 0 Å². The summed E-state index contributed by atoms with van der Waals surface area (Å²) in [5.41, 5.74) is 5.52. The van der Waals surface area contributed by atoms with E-state index in [0.29, 0.717) is 25.9 Å². The third kappa shape index (κ3) is 10.6. The molecule has 1 fully saturated rings. The summed E-state index contributed by atoms with van der Waals surface area (Å²) in [4.78, 5) is 30.6. The third-order valence-electron chi connectivity index (χ3n) is 8.40. The molecule has 2 amide bonds. The topological polar surface area (TPSA) is 113 Å². The third-order valence-corrected chi connectivity index (χ3v) is 9.83. The fraction of sp³-hybridized carbons (Fsp3) is 0.297. The average Bonchev–Trinajstić information content (AvgIpc) is 3.06. The van der Waals surface area contributed by atoms with E-state index in [1.165, 1.54) is 31.4 Å². The number of benzene rings is 4. The Hall–Kier alpha value is -3.83. The van der Waals surface area contributed by atoms with Crippen molar-refractivity contribution in [2.45, 2.75) is 50.0 Å². The van der Waals surface area contributed by atoms with Gasteiger partial charge in [0.2, 0.25) is 21.8 Å². The molecule has 47 heavy (non-hydrogen) atoms. The Morgan fingerprint density at radius 1 is 0.809 bits per heavy atom. The first-order chi connectivity index (χ1) is 22.6. The lowest BCUT2D eigenvalue weighted by molar-refractivity contribution is -0.131. The maximum Gasteiger partial charge on any atom is 0.238 e. The van der Waals surface area contributed by atoms with Crippen molar-refractivity contribution in [3.8, 4) is 11.1 Å². The van der Waals surface area contributed by atoms with Crippen LogP contribution in [0.25, 0.3) is 11.1 Å². The SMILES string of the molecule is NS(=O)(=O)c1ccc(CCN(Cc2cccc(-c3cccc(NC(=O)CCN4CCCCC4)c3)c2)C(=O)Cc2cccc(Br)c2)cc1. The number of nitrogens with zero attached hydrogens (tertiary/aromatic N) is 2. The van der Waals surface area contributed by atoms with E-state index in [4.69, 9.17) is 5.14 Å². The van der Waals surface area contributed by atoms with Crippen LogP contribution in [0.3, 0.4) is 0 Å². The number of carbonyl (C=O) groups excluding carboxylic acids is 2. The first-order valence-corrected chi connectivity index (χ1v) is 18.3. The Morgan fingerprint density at radius 3 is 2.21 bits per heavy atom. The second-order valence-corrected chi connectivity index (χ2v) is 14.5. The number of rotatable bonds is 13. The second-order valence-electron chi connectivity index (χ2n) is 12.0. The van der Waals surface area contributed by atoms with Gasteiger partial charge in [-0.15, -0.1) is 0 Å². The smallest absolute Gasteiger partial charge is 0.238 e. The van der Waals surface area contributed by atoms with Crippen LogP contribution in [0, 0.1) is 0 Å². The number of carbonyl (C=O) groups is 2. The zero-order valence-corrected chi connectivity index (χ0v) is 28.8. The second kappa shape index (κ2) is 16.3. The van der Waals surface area contributed by atoms with Crippen molar-refractivity contribution in [3.05, 3.63) is 118 Å². The maximum atomic E-state index is 13.7. The molecule has 5 rings (SSSR count).